The summed E-state index contributed by atoms with van der Waals surface area (Å²) in [6.07, 6.45) is 0. The number of hydrogen-bond acceptors (Lipinski definition) is 3. The van der Waals surface area contributed by atoms with Crippen molar-refractivity contribution in [1.29, 1.82) is 0 Å². The first-order valence-corrected chi connectivity index (χ1v) is 9.18. The van der Waals surface area contributed by atoms with Crippen LogP contribution in [-0.2, 0) is 17.9 Å². The molecule has 0 atom stereocenters. The van der Waals surface area contributed by atoms with E-state index < -0.39 is 5.91 Å². The average Bonchev–Trinajstić information content (AvgIpc) is 2.74. The van der Waals surface area contributed by atoms with Crippen molar-refractivity contribution in [3.63, 3.8) is 0 Å². The number of hydrogen-bond donors (Lipinski definition) is 1. The van der Waals surface area contributed by atoms with Gasteiger partial charge in [0.2, 0.25) is 5.91 Å². The molecule has 0 aliphatic heterocycles. The number of benzene rings is 3. The third-order valence-electron chi connectivity index (χ3n) is 4.66. The van der Waals surface area contributed by atoms with E-state index in [4.69, 9.17) is 0 Å². The van der Waals surface area contributed by atoms with E-state index in [1.807, 2.05) is 42.5 Å². The summed E-state index contributed by atoms with van der Waals surface area (Å²) in [5.74, 6) is -0.807. The van der Waals surface area contributed by atoms with Gasteiger partial charge in [0.15, 0.2) is 0 Å². The molecule has 29 heavy (non-hydrogen) atoms. The van der Waals surface area contributed by atoms with Crippen LogP contribution in [0.1, 0.15) is 5.56 Å². The van der Waals surface area contributed by atoms with Gasteiger partial charge in [-0.05, 0) is 22.9 Å². The van der Waals surface area contributed by atoms with Crippen LogP contribution in [0.3, 0.4) is 0 Å². The van der Waals surface area contributed by atoms with E-state index in [-0.39, 0.29) is 24.5 Å². The molecule has 1 aromatic heterocycles. The van der Waals surface area contributed by atoms with Gasteiger partial charge in [-0.25, -0.2) is 9.07 Å². The van der Waals surface area contributed by atoms with Crippen LogP contribution >= 0.6 is 0 Å². The molecule has 4 rings (SSSR count). The fraction of sp³-hybridized carbons (Fsp3) is 0.0870. The Hall–Kier alpha value is -3.80. The summed E-state index contributed by atoms with van der Waals surface area (Å²) >= 11 is 0. The number of carbonyl (C=O) groups excluding carboxylic acids is 1. The van der Waals surface area contributed by atoms with Crippen molar-refractivity contribution in [3.05, 3.63) is 101 Å². The van der Waals surface area contributed by atoms with Gasteiger partial charge in [0.25, 0.3) is 5.56 Å². The predicted octanol–water partition coefficient (Wildman–Crippen LogP) is 3.52. The van der Waals surface area contributed by atoms with Crippen LogP contribution in [0.4, 0.5) is 4.39 Å². The third kappa shape index (κ3) is 4.06. The molecule has 1 N–H and O–H groups in total. The Balaban J connectivity index is 1.56. The van der Waals surface area contributed by atoms with Crippen molar-refractivity contribution in [2.45, 2.75) is 13.1 Å². The predicted molar refractivity (Wildman–Crippen MR) is 110 cm³/mol. The van der Waals surface area contributed by atoms with Gasteiger partial charge in [0, 0.05) is 23.7 Å². The number of nitrogens with one attached hydrogen (secondary N) is 1. The summed E-state index contributed by atoms with van der Waals surface area (Å²) in [6, 6.07) is 23.0. The first-order valence-electron chi connectivity index (χ1n) is 9.18. The molecule has 0 aliphatic rings. The maximum atomic E-state index is 13.7. The fourth-order valence-electron chi connectivity index (χ4n) is 3.18. The SMILES string of the molecule is O=C(Cn1nc(-c2cccc3ccccc23)ccc1=O)NCc1ccccc1F. The normalized spacial score (nSPS) is 10.8. The maximum absolute atomic E-state index is 13.7. The minimum absolute atomic E-state index is 0.0449. The highest BCUT2D eigenvalue weighted by Gasteiger charge is 2.10. The van der Waals surface area contributed by atoms with Crippen molar-refractivity contribution in [3.8, 4) is 11.3 Å². The molecule has 3 aromatic carbocycles. The van der Waals surface area contributed by atoms with Crippen LogP contribution in [0.5, 0.6) is 0 Å². The van der Waals surface area contributed by atoms with Crippen LogP contribution in [0.2, 0.25) is 0 Å². The second-order valence-corrected chi connectivity index (χ2v) is 6.61. The number of rotatable bonds is 5. The molecule has 144 valence electrons. The number of carbonyl (C=O) groups is 1. The summed E-state index contributed by atoms with van der Waals surface area (Å²) in [4.78, 5) is 24.5. The average molecular weight is 387 g/mol. The van der Waals surface area contributed by atoms with Gasteiger partial charge in [0.1, 0.15) is 12.4 Å². The highest BCUT2D eigenvalue weighted by molar-refractivity contribution is 5.95. The zero-order valence-electron chi connectivity index (χ0n) is 15.5. The van der Waals surface area contributed by atoms with Gasteiger partial charge >= 0.3 is 0 Å². The number of nitrogens with zero attached hydrogens (tertiary/aromatic N) is 2. The highest BCUT2D eigenvalue weighted by atomic mass is 19.1. The summed E-state index contributed by atoms with van der Waals surface area (Å²) in [6.45, 7) is -0.199. The quantitative estimate of drug-likeness (QED) is 0.570. The zero-order chi connectivity index (χ0) is 20.2. The topological polar surface area (TPSA) is 64.0 Å². The van der Waals surface area contributed by atoms with Crippen LogP contribution in [0.15, 0.2) is 83.7 Å². The molecule has 1 amide bonds. The molecule has 0 unspecified atom stereocenters. The van der Waals surface area contributed by atoms with Crippen LogP contribution in [0.25, 0.3) is 22.0 Å². The lowest BCUT2D eigenvalue weighted by molar-refractivity contribution is -0.122. The fourth-order valence-corrected chi connectivity index (χ4v) is 3.18. The molecule has 1 heterocycles. The number of fused-ring (bicyclic) bond motifs is 1. The molecule has 0 saturated carbocycles. The van der Waals surface area contributed by atoms with Crippen molar-refractivity contribution >= 4 is 16.7 Å². The van der Waals surface area contributed by atoms with E-state index in [0.29, 0.717) is 11.3 Å². The highest BCUT2D eigenvalue weighted by Crippen LogP contribution is 2.26. The van der Waals surface area contributed by atoms with Gasteiger partial charge in [0.05, 0.1) is 5.69 Å². The van der Waals surface area contributed by atoms with E-state index in [1.54, 1.807) is 24.3 Å². The lowest BCUT2D eigenvalue weighted by Gasteiger charge is -2.10. The lowest BCUT2D eigenvalue weighted by Crippen LogP contribution is -2.33. The van der Waals surface area contributed by atoms with Gasteiger partial charge in [-0.2, -0.15) is 5.10 Å². The van der Waals surface area contributed by atoms with E-state index in [1.165, 1.54) is 12.1 Å². The number of halogens is 1. The Labute approximate surface area is 166 Å². The molecule has 0 spiro atoms. The molecule has 4 aromatic rings. The van der Waals surface area contributed by atoms with Crippen molar-refractivity contribution < 1.29 is 9.18 Å². The molecule has 0 fully saturated rings. The first kappa shape index (κ1) is 18.6. The third-order valence-corrected chi connectivity index (χ3v) is 4.66. The molecule has 6 heteroatoms. The van der Waals surface area contributed by atoms with Crippen LogP contribution in [-0.4, -0.2) is 15.7 Å². The Morgan fingerprint density at radius 1 is 0.931 bits per heavy atom. The second-order valence-electron chi connectivity index (χ2n) is 6.61. The molecule has 0 bridgehead atoms. The zero-order valence-corrected chi connectivity index (χ0v) is 15.5. The van der Waals surface area contributed by atoms with Crippen molar-refractivity contribution in [2.24, 2.45) is 0 Å². The number of amides is 1. The Morgan fingerprint density at radius 2 is 1.69 bits per heavy atom. The van der Waals surface area contributed by atoms with E-state index in [0.717, 1.165) is 21.0 Å². The summed E-state index contributed by atoms with van der Waals surface area (Å²) in [5, 5.41) is 9.07. The van der Waals surface area contributed by atoms with Crippen LogP contribution in [0, 0.1) is 5.82 Å². The first-order chi connectivity index (χ1) is 14.1. The molecule has 0 aliphatic carbocycles. The Morgan fingerprint density at radius 3 is 2.55 bits per heavy atom. The van der Waals surface area contributed by atoms with Gasteiger partial charge in [-0.1, -0.05) is 60.7 Å². The Bertz CT molecular complexity index is 1240. The molecule has 0 saturated heterocycles. The largest absolute Gasteiger partial charge is 0.350 e. The Kier molecular flexibility index (Phi) is 5.16. The molecular weight excluding hydrogens is 369 g/mol. The minimum atomic E-state index is -0.419. The molecular formula is C23H18FN3O2. The maximum Gasteiger partial charge on any atom is 0.267 e. The van der Waals surface area contributed by atoms with Crippen molar-refractivity contribution in [1.82, 2.24) is 15.1 Å². The smallest absolute Gasteiger partial charge is 0.267 e. The van der Waals surface area contributed by atoms with E-state index >= 15 is 0 Å². The van der Waals surface area contributed by atoms with Gasteiger partial charge in [-0.3, -0.25) is 9.59 Å². The second kappa shape index (κ2) is 8.06. The van der Waals surface area contributed by atoms with Crippen LogP contribution < -0.4 is 10.9 Å². The van der Waals surface area contributed by atoms with E-state index in [2.05, 4.69) is 10.4 Å². The monoisotopic (exact) mass is 387 g/mol. The lowest BCUT2D eigenvalue weighted by atomic mass is 10.0. The summed E-state index contributed by atoms with van der Waals surface area (Å²) in [5.41, 5.74) is 1.48. The summed E-state index contributed by atoms with van der Waals surface area (Å²) in [7, 11) is 0. The standard InChI is InChI=1S/C23H18FN3O2/c24-20-11-4-2-7-17(20)14-25-22(28)15-27-23(29)13-12-21(26-27)19-10-5-8-16-6-1-3-9-18(16)19/h1-13H,14-15H2,(H,25,28). The van der Waals surface area contributed by atoms with Gasteiger partial charge < -0.3 is 5.32 Å². The van der Waals surface area contributed by atoms with Crippen molar-refractivity contribution in [2.75, 3.05) is 0 Å². The van der Waals surface area contributed by atoms with Gasteiger partial charge in [-0.15, -0.1) is 0 Å². The van der Waals surface area contributed by atoms with E-state index in [9.17, 15) is 14.0 Å². The summed E-state index contributed by atoms with van der Waals surface area (Å²) < 4.78 is 14.8. The molecule has 5 nitrogen and oxygen atoms in total. The minimum Gasteiger partial charge on any atom is -0.350 e. The number of aromatic nitrogens is 2. The molecule has 0 radical (unpaired) electrons.